The van der Waals surface area contributed by atoms with E-state index in [0.29, 0.717) is 39.1 Å². The highest BCUT2D eigenvalue weighted by atomic mass is 19.4. The van der Waals surface area contributed by atoms with Crippen LogP contribution in [-0.4, -0.2) is 71.9 Å². The number of halogens is 3. The van der Waals surface area contributed by atoms with Gasteiger partial charge in [-0.1, -0.05) is 0 Å². The van der Waals surface area contributed by atoms with Gasteiger partial charge in [0, 0.05) is 37.9 Å². The molecule has 0 bridgehead atoms. The Morgan fingerprint density at radius 1 is 1.26 bits per heavy atom. The number of piperidine rings is 1. The van der Waals surface area contributed by atoms with Gasteiger partial charge in [0.15, 0.2) is 6.61 Å². The van der Waals surface area contributed by atoms with Gasteiger partial charge < -0.3 is 19.3 Å². The molecular formula is C17H20F3N3O4. The summed E-state index contributed by atoms with van der Waals surface area (Å²) in [4.78, 5) is 31.5. The van der Waals surface area contributed by atoms with Crippen molar-refractivity contribution in [2.24, 2.45) is 0 Å². The predicted octanol–water partition coefficient (Wildman–Crippen LogP) is 2.47. The first kappa shape index (κ1) is 19.2. The fourth-order valence-corrected chi connectivity index (χ4v) is 3.21. The molecule has 2 saturated heterocycles. The van der Waals surface area contributed by atoms with Gasteiger partial charge in [0.1, 0.15) is 0 Å². The van der Waals surface area contributed by atoms with E-state index in [9.17, 15) is 22.8 Å². The SMILES string of the molecule is O=C(c1ccc(OCC(F)(F)F)nc1)N1CCC(N2CCCOC2=O)CC1. The molecule has 1 aromatic heterocycles. The van der Waals surface area contributed by atoms with Crippen LogP contribution < -0.4 is 4.74 Å². The summed E-state index contributed by atoms with van der Waals surface area (Å²) in [5.41, 5.74) is 0.283. The highest BCUT2D eigenvalue weighted by Crippen LogP contribution is 2.22. The molecular weight excluding hydrogens is 367 g/mol. The molecule has 27 heavy (non-hydrogen) atoms. The zero-order chi connectivity index (χ0) is 19.4. The molecule has 7 nitrogen and oxygen atoms in total. The summed E-state index contributed by atoms with van der Waals surface area (Å²) < 4.78 is 46.0. The number of cyclic esters (lactones) is 1. The van der Waals surface area contributed by atoms with Crippen LogP contribution in [0.2, 0.25) is 0 Å². The Morgan fingerprint density at radius 3 is 2.59 bits per heavy atom. The molecule has 0 atom stereocenters. The lowest BCUT2D eigenvalue weighted by molar-refractivity contribution is -0.154. The summed E-state index contributed by atoms with van der Waals surface area (Å²) >= 11 is 0. The molecule has 3 heterocycles. The van der Waals surface area contributed by atoms with Crippen LogP contribution in [0.1, 0.15) is 29.6 Å². The van der Waals surface area contributed by atoms with E-state index in [2.05, 4.69) is 9.72 Å². The van der Waals surface area contributed by atoms with Crippen LogP contribution in [0.4, 0.5) is 18.0 Å². The maximum atomic E-state index is 12.5. The first-order valence-electron chi connectivity index (χ1n) is 8.72. The van der Waals surface area contributed by atoms with Crippen LogP contribution in [0.3, 0.4) is 0 Å². The molecule has 0 aromatic carbocycles. The molecule has 148 valence electrons. The molecule has 2 fully saturated rings. The number of rotatable bonds is 4. The quantitative estimate of drug-likeness (QED) is 0.794. The third-order valence-corrected chi connectivity index (χ3v) is 4.56. The molecule has 2 aliphatic rings. The van der Waals surface area contributed by atoms with Crippen molar-refractivity contribution < 1.29 is 32.2 Å². The molecule has 0 N–H and O–H groups in total. The maximum absolute atomic E-state index is 12.5. The number of hydrogen-bond acceptors (Lipinski definition) is 5. The van der Waals surface area contributed by atoms with E-state index in [1.807, 2.05) is 0 Å². The van der Waals surface area contributed by atoms with Gasteiger partial charge in [-0.15, -0.1) is 0 Å². The summed E-state index contributed by atoms with van der Waals surface area (Å²) in [5, 5.41) is 0. The molecule has 0 aliphatic carbocycles. The number of alkyl halides is 3. The van der Waals surface area contributed by atoms with Gasteiger partial charge in [-0.2, -0.15) is 13.2 Å². The van der Waals surface area contributed by atoms with Gasteiger partial charge in [-0.3, -0.25) is 4.79 Å². The average Bonchev–Trinajstić information content (AvgIpc) is 2.66. The Kier molecular flexibility index (Phi) is 5.71. The van der Waals surface area contributed by atoms with Crippen LogP contribution in [0.5, 0.6) is 5.88 Å². The predicted molar refractivity (Wildman–Crippen MR) is 87.4 cm³/mol. The van der Waals surface area contributed by atoms with Gasteiger partial charge in [-0.25, -0.2) is 9.78 Å². The zero-order valence-corrected chi connectivity index (χ0v) is 14.6. The maximum Gasteiger partial charge on any atom is 0.422 e. The number of nitrogens with zero attached hydrogens (tertiary/aromatic N) is 3. The van der Waals surface area contributed by atoms with Crippen molar-refractivity contribution in [1.82, 2.24) is 14.8 Å². The lowest BCUT2D eigenvalue weighted by Crippen LogP contribution is -2.50. The van der Waals surface area contributed by atoms with Crippen LogP contribution in [0.25, 0.3) is 0 Å². The Bertz CT molecular complexity index is 673. The van der Waals surface area contributed by atoms with Gasteiger partial charge in [-0.05, 0) is 25.3 Å². The smallest absolute Gasteiger partial charge is 0.422 e. The Hall–Kier alpha value is -2.52. The number of ether oxygens (including phenoxy) is 2. The molecule has 0 spiro atoms. The first-order valence-corrected chi connectivity index (χ1v) is 8.72. The molecule has 2 aliphatic heterocycles. The Labute approximate surface area is 154 Å². The average molecular weight is 387 g/mol. The number of aromatic nitrogens is 1. The molecule has 10 heteroatoms. The lowest BCUT2D eigenvalue weighted by Gasteiger charge is -2.39. The Balaban J connectivity index is 1.52. The minimum atomic E-state index is -4.44. The van der Waals surface area contributed by atoms with E-state index >= 15 is 0 Å². The number of carbonyl (C=O) groups is 2. The van der Waals surface area contributed by atoms with Crippen LogP contribution in [0.15, 0.2) is 18.3 Å². The van der Waals surface area contributed by atoms with Gasteiger partial charge in [0.2, 0.25) is 5.88 Å². The van der Waals surface area contributed by atoms with Crippen molar-refractivity contribution in [3.05, 3.63) is 23.9 Å². The monoisotopic (exact) mass is 387 g/mol. The number of carbonyl (C=O) groups excluding carboxylic acids is 2. The van der Waals surface area contributed by atoms with E-state index in [1.54, 1.807) is 9.80 Å². The number of pyridine rings is 1. The number of hydrogen-bond donors (Lipinski definition) is 0. The van der Waals surface area contributed by atoms with Gasteiger partial charge in [0.25, 0.3) is 5.91 Å². The third kappa shape index (κ3) is 5.01. The molecule has 2 amide bonds. The Morgan fingerprint density at radius 2 is 2.00 bits per heavy atom. The summed E-state index contributed by atoms with van der Waals surface area (Å²) in [7, 11) is 0. The van der Waals surface area contributed by atoms with E-state index in [0.717, 1.165) is 6.42 Å². The fraction of sp³-hybridized carbons (Fsp3) is 0.588. The van der Waals surface area contributed by atoms with E-state index < -0.39 is 12.8 Å². The van der Waals surface area contributed by atoms with Crippen LogP contribution in [-0.2, 0) is 4.74 Å². The van der Waals surface area contributed by atoms with Crippen molar-refractivity contribution in [3.8, 4) is 5.88 Å². The van der Waals surface area contributed by atoms with Crippen molar-refractivity contribution in [2.45, 2.75) is 31.5 Å². The van der Waals surface area contributed by atoms with E-state index in [1.165, 1.54) is 18.3 Å². The molecule has 0 unspecified atom stereocenters. The van der Waals surface area contributed by atoms with Crippen LogP contribution in [0, 0.1) is 0 Å². The normalized spacial score (nSPS) is 19.0. The van der Waals surface area contributed by atoms with Gasteiger partial charge >= 0.3 is 12.3 Å². The largest absolute Gasteiger partial charge is 0.468 e. The lowest BCUT2D eigenvalue weighted by atomic mass is 10.0. The summed E-state index contributed by atoms with van der Waals surface area (Å²) in [5.74, 6) is -0.435. The highest BCUT2D eigenvalue weighted by Gasteiger charge is 2.32. The third-order valence-electron chi connectivity index (χ3n) is 4.56. The summed E-state index contributed by atoms with van der Waals surface area (Å²) in [6, 6.07) is 2.70. The van der Waals surface area contributed by atoms with Crippen molar-refractivity contribution in [2.75, 3.05) is 32.8 Å². The highest BCUT2D eigenvalue weighted by molar-refractivity contribution is 5.94. The minimum Gasteiger partial charge on any atom is -0.468 e. The molecule has 0 saturated carbocycles. The second-order valence-electron chi connectivity index (χ2n) is 6.47. The van der Waals surface area contributed by atoms with Crippen LogP contribution >= 0.6 is 0 Å². The zero-order valence-electron chi connectivity index (χ0n) is 14.6. The van der Waals surface area contributed by atoms with E-state index in [4.69, 9.17) is 4.74 Å². The standard InChI is InChI=1S/C17H20F3N3O4/c18-17(19,20)11-27-14-3-2-12(10-21-14)15(24)22-7-4-13(5-8-22)23-6-1-9-26-16(23)25/h2-3,10,13H,1,4-9,11H2. The first-order chi connectivity index (χ1) is 12.8. The van der Waals surface area contributed by atoms with Crippen molar-refractivity contribution in [3.63, 3.8) is 0 Å². The number of likely N-dealkylation sites (tertiary alicyclic amines) is 1. The minimum absolute atomic E-state index is 0.0538. The van der Waals surface area contributed by atoms with Crippen molar-refractivity contribution >= 4 is 12.0 Å². The topological polar surface area (TPSA) is 72.0 Å². The second kappa shape index (κ2) is 8.01. The summed E-state index contributed by atoms with van der Waals surface area (Å²) in [6.45, 7) is 0.655. The summed E-state index contributed by atoms with van der Waals surface area (Å²) in [6.07, 6.45) is -1.42. The molecule has 3 rings (SSSR count). The van der Waals surface area contributed by atoms with Gasteiger partial charge in [0.05, 0.1) is 12.2 Å². The molecule has 1 aromatic rings. The molecule has 0 radical (unpaired) electrons. The van der Waals surface area contributed by atoms with E-state index in [-0.39, 0.29) is 29.5 Å². The fourth-order valence-electron chi connectivity index (χ4n) is 3.21. The van der Waals surface area contributed by atoms with Crippen molar-refractivity contribution in [1.29, 1.82) is 0 Å². The number of amides is 2. The second-order valence-corrected chi connectivity index (χ2v) is 6.47.